The van der Waals surface area contributed by atoms with Crippen molar-refractivity contribution >= 4 is 17.8 Å². The molecule has 0 aliphatic carbocycles. The van der Waals surface area contributed by atoms with Crippen LogP contribution in [0, 0.1) is 11.3 Å². The second-order valence-electron chi connectivity index (χ2n) is 4.17. The van der Waals surface area contributed by atoms with Gasteiger partial charge in [0.1, 0.15) is 12.4 Å². The van der Waals surface area contributed by atoms with Crippen molar-refractivity contribution in [2.24, 2.45) is 5.16 Å². The average Bonchev–Trinajstić information content (AvgIpc) is 2.52. The molecule has 0 saturated carbocycles. The zero-order chi connectivity index (χ0) is 15.1. The molecule has 0 aliphatic heterocycles. The lowest BCUT2D eigenvalue weighted by molar-refractivity contribution is 0.132. The van der Waals surface area contributed by atoms with Crippen LogP contribution in [0.3, 0.4) is 0 Å². The lowest BCUT2D eigenvalue weighted by Crippen LogP contribution is -1.92. The summed E-state index contributed by atoms with van der Waals surface area (Å²) in [5.74, 6) is 0.609. The van der Waals surface area contributed by atoms with Crippen molar-refractivity contribution in [3.63, 3.8) is 0 Å². The number of nitriles is 1. The molecular formula is C16H13ClN2O2. The van der Waals surface area contributed by atoms with Gasteiger partial charge in [0.2, 0.25) is 0 Å². The van der Waals surface area contributed by atoms with Crippen LogP contribution in [0.15, 0.2) is 47.6 Å². The van der Waals surface area contributed by atoms with E-state index < -0.39 is 0 Å². The summed E-state index contributed by atoms with van der Waals surface area (Å²) >= 11 is 6.01. The minimum absolute atomic E-state index is 0.240. The molecule has 2 aromatic carbocycles. The zero-order valence-corrected chi connectivity index (χ0v) is 12.2. The van der Waals surface area contributed by atoms with Gasteiger partial charge in [0, 0.05) is 5.56 Å². The van der Waals surface area contributed by atoms with E-state index in [1.54, 1.807) is 31.5 Å². The van der Waals surface area contributed by atoms with Gasteiger partial charge in [0.05, 0.1) is 30.0 Å². The Kier molecular flexibility index (Phi) is 5.19. The number of hydrogen-bond acceptors (Lipinski definition) is 4. The van der Waals surface area contributed by atoms with E-state index >= 15 is 0 Å². The Hall–Kier alpha value is -2.51. The second kappa shape index (κ2) is 7.32. The highest BCUT2D eigenvalue weighted by Crippen LogP contribution is 2.24. The lowest BCUT2D eigenvalue weighted by atomic mass is 10.1. The summed E-state index contributed by atoms with van der Waals surface area (Å²) in [7, 11) is 1.56. The molecule has 21 heavy (non-hydrogen) atoms. The Labute approximate surface area is 128 Å². The fourth-order valence-corrected chi connectivity index (χ4v) is 1.99. The van der Waals surface area contributed by atoms with Gasteiger partial charge < -0.3 is 9.57 Å². The molecule has 0 aliphatic rings. The first-order valence-electron chi connectivity index (χ1n) is 6.21. The molecule has 0 saturated heterocycles. The Bertz CT molecular complexity index is 693. The molecule has 2 aromatic rings. The molecule has 0 heterocycles. The lowest BCUT2D eigenvalue weighted by Gasteiger charge is -2.03. The van der Waals surface area contributed by atoms with Crippen molar-refractivity contribution in [2.45, 2.75) is 6.61 Å². The predicted octanol–water partition coefficient (Wildman–Crippen LogP) is 3.77. The Balaban J connectivity index is 1.97. The molecule has 0 unspecified atom stereocenters. The third-order valence-corrected chi connectivity index (χ3v) is 3.11. The van der Waals surface area contributed by atoms with E-state index in [0.29, 0.717) is 16.3 Å². The molecule has 0 spiro atoms. The standard InChI is InChI=1S/C16H13ClN2O2/c1-20-16-7-6-12(8-15(16)17)10-19-21-11-14-5-3-2-4-13(14)9-18/h2-8,10H,11H2,1H3/b19-10-. The molecule has 5 heteroatoms. The normalized spacial score (nSPS) is 10.3. The molecule has 0 atom stereocenters. The van der Waals surface area contributed by atoms with Gasteiger partial charge in [0.25, 0.3) is 0 Å². The molecule has 4 nitrogen and oxygen atoms in total. The van der Waals surface area contributed by atoms with Crippen molar-refractivity contribution in [1.82, 2.24) is 0 Å². The molecule has 0 amide bonds. The monoisotopic (exact) mass is 300 g/mol. The molecule has 106 valence electrons. The number of rotatable bonds is 5. The smallest absolute Gasteiger partial charge is 0.143 e. The van der Waals surface area contributed by atoms with Gasteiger partial charge in [-0.1, -0.05) is 35.0 Å². The van der Waals surface area contributed by atoms with Crippen molar-refractivity contribution < 1.29 is 9.57 Å². The van der Waals surface area contributed by atoms with Gasteiger partial charge in [-0.15, -0.1) is 0 Å². The number of methoxy groups -OCH3 is 1. The maximum absolute atomic E-state index is 8.96. The van der Waals surface area contributed by atoms with Crippen LogP contribution < -0.4 is 4.74 Å². The van der Waals surface area contributed by atoms with Crippen LogP contribution in [-0.2, 0) is 11.4 Å². The van der Waals surface area contributed by atoms with E-state index in [9.17, 15) is 0 Å². The van der Waals surface area contributed by atoms with E-state index in [2.05, 4.69) is 11.2 Å². The van der Waals surface area contributed by atoms with Gasteiger partial charge in [-0.25, -0.2) is 0 Å². The summed E-state index contributed by atoms with van der Waals surface area (Å²) < 4.78 is 5.07. The van der Waals surface area contributed by atoms with Gasteiger partial charge >= 0.3 is 0 Å². The molecule has 2 rings (SSSR count). The van der Waals surface area contributed by atoms with Crippen molar-refractivity contribution in [2.75, 3.05) is 7.11 Å². The van der Waals surface area contributed by atoms with Crippen molar-refractivity contribution in [1.29, 1.82) is 5.26 Å². The van der Waals surface area contributed by atoms with Gasteiger partial charge in [-0.05, 0) is 29.8 Å². The maximum atomic E-state index is 8.96. The predicted molar refractivity (Wildman–Crippen MR) is 81.5 cm³/mol. The van der Waals surface area contributed by atoms with E-state index in [0.717, 1.165) is 11.1 Å². The molecule has 0 N–H and O–H groups in total. The summed E-state index contributed by atoms with van der Waals surface area (Å²) in [6, 6.07) is 14.7. The Morgan fingerprint density at radius 3 is 2.81 bits per heavy atom. The molecule has 0 bridgehead atoms. The van der Waals surface area contributed by atoms with Crippen LogP contribution in [-0.4, -0.2) is 13.3 Å². The Morgan fingerprint density at radius 2 is 2.10 bits per heavy atom. The van der Waals surface area contributed by atoms with E-state index in [1.807, 2.05) is 24.3 Å². The zero-order valence-electron chi connectivity index (χ0n) is 11.4. The Morgan fingerprint density at radius 1 is 1.29 bits per heavy atom. The SMILES string of the molecule is COc1ccc(/C=N\OCc2ccccc2C#N)cc1Cl. The summed E-state index contributed by atoms with van der Waals surface area (Å²) in [4.78, 5) is 5.21. The molecule has 0 aromatic heterocycles. The fourth-order valence-electron chi connectivity index (χ4n) is 1.72. The molecular weight excluding hydrogens is 288 g/mol. The summed E-state index contributed by atoms with van der Waals surface area (Å²) in [5.41, 5.74) is 2.18. The largest absolute Gasteiger partial charge is 0.495 e. The average molecular weight is 301 g/mol. The van der Waals surface area contributed by atoms with Crippen molar-refractivity contribution in [3.05, 3.63) is 64.2 Å². The van der Waals surface area contributed by atoms with Gasteiger partial charge in [0.15, 0.2) is 0 Å². The highest BCUT2D eigenvalue weighted by atomic mass is 35.5. The summed E-state index contributed by atoms with van der Waals surface area (Å²) in [6.45, 7) is 0.240. The number of hydrogen-bond donors (Lipinski definition) is 0. The first-order chi connectivity index (χ1) is 10.2. The molecule has 0 fully saturated rings. The van der Waals surface area contributed by atoms with Crippen LogP contribution in [0.5, 0.6) is 5.75 Å². The maximum Gasteiger partial charge on any atom is 0.143 e. The van der Waals surface area contributed by atoms with Crippen LogP contribution >= 0.6 is 11.6 Å². The minimum Gasteiger partial charge on any atom is -0.495 e. The van der Waals surface area contributed by atoms with Crippen LogP contribution in [0.2, 0.25) is 5.02 Å². The first kappa shape index (κ1) is 14.9. The van der Waals surface area contributed by atoms with Crippen molar-refractivity contribution in [3.8, 4) is 11.8 Å². The number of oxime groups is 1. The third kappa shape index (κ3) is 3.98. The number of nitrogens with zero attached hydrogens (tertiary/aromatic N) is 2. The second-order valence-corrected chi connectivity index (χ2v) is 4.58. The van der Waals surface area contributed by atoms with E-state index in [1.165, 1.54) is 0 Å². The first-order valence-corrected chi connectivity index (χ1v) is 6.59. The third-order valence-electron chi connectivity index (χ3n) is 2.81. The molecule has 0 radical (unpaired) electrons. The van der Waals surface area contributed by atoms with Crippen LogP contribution in [0.1, 0.15) is 16.7 Å². The highest BCUT2D eigenvalue weighted by Gasteiger charge is 2.01. The minimum atomic E-state index is 0.240. The van der Waals surface area contributed by atoms with Gasteiger partial charge in [-0.3, -0.25) is 0 Å². The quantitative estimate of drug-likeness (QED) is 0.624. The van der Waals surface area contributed by atoms with Crippen LogP contribution in [0.4, 0.5) is 0 Å². The summed E-state index contributed by atoms with van der Waals surface area (Å²) in [6.07, 6.45) is 1.56. The fraction of sp³-hybridized carbons (Fsp3) is 0.125. The summed E-state index contributed by atoms with van der Waals surface area (Å²) in [5, 5.41) is 13.3. The van der Waals surface area contributed by atoms with Crippen LogP contribution in [0.25, 0.3) is 0 Å². The van der Waals surface area contributed by atoms with Gasteiger partial charge in [-0.2, -0.15) is 5.26 Å². The highest BCUT2D eigenvalue weighted by molar-refractivity contribution is 6.32. The topological polar surface area (TPSA) is 54.6 Å². The number of ether oxygens (including phenoxy) is 1. The van der Waals surface area contributed by atoms with E-state index in [-0.39, 0.29) is 6.61 Å². The number of benzene rings is 2. The number of halogens is 1. The van der Waals surface area contributed by atoms with E-state index in [4.69, 9.17) is 26.4 Å².